The van der Waals surface area contributed by atoms with Gasteiger partial charge in [0.15, 0.2) is 0 Å². The molecule has 3 rings (SSSR count). The van der Waals surface area contributed by atoms with Crippen molar-refractivity contribution in [2.24, 2.45) is 0 Å². The predicted octanol–water partition coefficient (Wildman–Crippen LogP) is 3.80. The van der Waals surface area contributed by atoms with E-state index in [0.717, 1.165) is 16.6 Å². The highest BCUT2D eigenvalue weighted by molar-refractivity contribution is 7.10. The summed E-state index contributed by atoms with van der Waals surface area (Å²) in [4.78, 5) is 1.33. The van der Waals surface area contributed by atoms with E-state index < -0.39 is 0 Å². The fourth-order valence-electron chi connectivity index (χ4n) is 1.93. The Kier molecular flexibility index (Phi) is 2.57. The van der Waals surface area contributed by atoms with Gasteiger partial charge in [-0.15, -0.1) is 11.3 Å². The Morgan fingerprint density at radius 2 is 2.24 bits per heavy atom. The molecular weight excluding hydrogens is 230 g/mol. The average molecular weight is 243 g/mol. The molecule has 17 heavy (non-hydrogen) atoms. The van der Waals surface area contributed by atoms with Crippen LogP contribution in [0.2, 0.25) is 0 Å². The normalized spacial score (nSPS) is 12.8. The minimum absolute atomic E-state index is 0.309. The maximum Gasteiger partial charge on any atom is 0.0881 e. The molecule has 0 fully saturated rings. The lowest BCUT2D eigenvalue weighted by Crippen LogP contribution is -2.05. The summed E-state index contributed by atoms with van der Waals surface area (Å²) in [6, 6.07) is 10.7. The van der Waals surface area contributed by atoms with Crippen molar-refractivity contribution in [3.05, 3.63) is 46.8 Å². The van der Waals surface area contributed by atoms with E-state index in [1.165, 1.54) is 4.88 Å². The largest absolute Gasteiger partial charge is 0.376 e. The highest BCUT2D eigenvalue weighted by atomic mass is 32.1. The van der Waals surface area contributed by atoms with Crippen molar-refractivity contribution < 1.29 is 0 Å². The van der Waals surface area contributed by atoms with Crippen molar-refractivity contribution >= 4 is 27.9 Å². The Morgan fingerprint density at radius 3 is 3.06 bits per heavy atom. The van der Waals surface area contributed by atoms with Crippen molar-refractivity contribution in [2.75, 3.05) is 5.32 Å². The molecule has 2 aromatic heterocycles. The van der Waals surface area contributed by atoms with Gasteiger partial charge in [-0.2, -0.15) is 5.10 Å². The van der Waals surface area contributed by atoms with E-state index >= 15 is 0 Å². The van der Waals surface area contributed by atoms with E-state index in [4.69, 9.17) is 0 Å². The van der Waals surface area contributed by atoms with Gasteiger partial charge >= 0.3 is 0 Å². The molecule has 0 saturated carbocycles. The van der Waals surface area contributed by atoms with Gasteiger partial charge in [0.2, 0.25) is 0 Å². The van der Waals surface area contributed by atoms with Crippen LogP contribution in [0.15, 0.2) is 41.9 Å². The number of rotatable bonds is 3. The third kappa shape index (κ3) is 1.91. The van der Waals surface area contributed by atoms with Gasteiger partial charge < -0.3 is 5.32 Å². The summed E-state index contributed by atoms with van der Waals surface area (Å²) in [5, 5.41) is 13.8. The minimum atomic E-state index is 0.309. The molecule has 1 unspecified atom stereocenters. The number of thiophene rings is 1. The number of hydrogen-bond acceptors (Lipinski definition) is 3. The summed E-state index contributed by atoms with van der Waals surface area (Å²) < 4.78 is 0. The first-order chi connectivity index (χ1) is 8.34. The van der Waals surface area contributed by atoms with Crippen LogP contribution in [0.4, 0.5) is 5.69 Å². The summed E-state index contributed by atoms with van der Waals surface area (Å²) in [7, 11) is 0. The first kappa shape index (κ1) is 10.4. The summed E-state index contributed by atoms with van der Waals surface area (Å²) in [5.74, 6) is 0. The topological polar surface area (TPSA) is 40.7 Å². The third-order valence-electron chi connectivity index (χ3n) is 2.82. The first-order valence-corrected chi connectivity index (χ1v) is 6.44. The number of para-hydroxylation sites is 1. The molecule has 0 aliphatic carbocycles. The van der Waals surface area contributed by atoms with Crippen molar-refractivity contribution in [1.82, 2.24) is 10.2 Å². The molecular formula is C13H13N3S. The third-order valence-corrected chi connectivity index (χ3v) is 3.87. The van der Waals surface area contributed by atoms with Gasteiger partial charge in [0.25, 0.3) is 0 Å². The second kappa shape index (κ2) is 4.22. The molecule has 0 bridgehead atoms. The Balaban J connectivity index is 1.92. The molecule has 4 heteroatoms. The number of fused-ring (bicyclic) bond motifs is 1. The molecule has 1 atom stereocenters. The van der Waals surface area contributed by atoms with Gasteiger partial charge in [0.05, 0.1) is 23.4 Å². The molecule has 0 aliphatic rings. The van der Waals surface area contributed by atoms with Gasteiger partial charge in [-0.1, -0.05) is 18.2 Å². The van der Waals surface area contributed by atoms with Gasteiger partial charge in [0, 0.05) is 10.3 Å². The maximum absolute atomic E-state index is 4.07. The molecule has 1 aromatic carbocycles. The maximum atomic E-state index is 4.07. The first-order valence-electron chi connectivity index (χ1n) is 5.56. The number of aromatic nitrogens is 2. The van der Waals surface area contributed by atoms with Crippen LogP contribution in [0, 0.1) is 0 Å². The number of benzene rings is 1. The minimum Gasteiger partial charge on any atom is -0.376 e. The molecule has 0 amide bonds. The fourth-order valence-corrected chi connectivity index (χ4v) is 2.67. The Morgan fingerprint density at radius 1 is 1.29 bits per heavy atom. The van der Waals surface area contributed by atoms with Gasteiger partial charge in [-0.05, 0) is 24.4 Å². The quantitative estimate of drug-likeness (QED) is 0.734. The zero-order valence-corrected chi connectivity index (χ0v) is 10.3. The number of hydrogen-bond donors (Lipinski definition) is 2. The van der Waals surface area contributed by atoms with Crippen molar-refractivity contribution in [3.8, 4) is 0 Å². The second-order valence-corrected chi connectivity index (χ2v) is 5.00. The number of H-pyrrole nitrogens is 1. The monoisotopic (exact) mass is 243 g/mol. The Bertz CT molecular complexity index is 612. The molecule has 2 heterocycles. The molecule has 0 radical (unpaired) electrons. The molecule has 0 spiro atoms. The fraction of sp³-hybridized carbons (Fsp3) is 0.154. The van der Waals surface area contributed by atoms with Crippen LogP contribution in [0.3, 0.4) is 0 Å². The smallest absolute Gasteiger partial charge is 0.0881 e. The van der Waals surface area contributed by atoms with E-state index in [-0.39, 0.29) is 0 Å². The second-order valence-electron chi connectivity index (χ2n) is 4.02. The lowest BCUT2D eigenvalue weighted by molar-refractivity contribution is 0.909. The van der Waals surface area contributed by atoms with Crippen molar-refractivity contribution in [2.45, 2.75) is 13.0 Å². The summed E-state index contributed by atoms with van der Waals surface area (Å²) in [5.41, 5.74) is 2.16. The molecule has 0 saturated heterocycles. The van der Waals surface area contributed by atoms with Crippen molar-refractivity contribution in [1.29, 1.82) is 0 Å². The number of anilines is 1. The summed E-state index contributed by atoms with van der Waals surface area (Å²) in [6.45, 7) is 2.17. The van der Waals surface area contributed by atoms with Crippen LogP contribution in [-0.4, -0.2) is 10.2 Å². The van der Waals surface area contributed by atoms with Crippen LogP contribution in [0.5, 0.6) is 0 Å². The Hall–Kier alpha value is -1.81. The van der Waals surface area contributed by atoms with Crippen molar-refractivity contribution in [3.63, 3.8) is 0 Å². The molecule has 86 valence electrons. The average Bonchev–Trinajstić information content (AvgIpc) is 3.00. The van der Waals surface area contributed by atoms with E-state index in [1.807, 2.05) is 12.3 Å². The van der Waals surface area contributed by atoms with Gasteiger partial charge in [-0.25, -0.2) is 0 Å². The zero-order valence-electron chi connectivity index (χ0n) is 9.47. The number of nitrogens with zero attached hydrogens (tertiary/aromatic N) is 1. The number of aromatic amines is 1. The van der Waals surface area contributed by atoms with Crippen LogP contribution < -0.4 is 5.32 Å². The predicted molar refractivity (Wildman–Crippen MR) is 72.5 cm³/mol. The van der Waals surface area contributed by atoms with Crippen LogP contribution in [0.1, 0.15) is 17.8 Å². The van der Waals surface area contributed by atoms with E-state index in [2.05, 4.69) is 52.1 Å². The summed E-state index contributed by atoms with van der Waals surface area (Å²) in [6.07, 6.45) is 1.84. The van der Waals surface area contributed by atoms with E-state index in [9.17, 15) is 0 Å². The highest BCUT2D eigenvalue weighted by Crippen LogP contribution is 2.27. The molecule has 2 N–H and O–H groups in total. The van der Waals surface area contributed by atoms with Crippen LogP contribution in [0.25, 0.3) is 10.9 Å². The van der Waals surface area contributed by atoms with Crippen LogP contribution >= 0.6 is 11.3 Å². The SMILES string of the molecule is CC(Nc1cccc2cn[nH]c12)c1cccs1. The van der Waals surface area contributed by atoms with Gasteiger partial charge in [-0.3, -0.25) is 5.10 Å². The summed E-state index contributed by atoms with van der Waals surface area (Å²) >= 11 is 1.77. The van der Waals surface area contributed by atoms with E-state index in [0.29, 0.717) is 6.04 Å². The highest BCUT2D eigenvalue weighted by Gasteiger charge is 2.08. The standard InChI is InChI=1S/C13H13N3S/c1-9(12-6-3-7-17-12)15-11-5-2-4-10-8-14-16-13(10)11/h2-9,15H,1H3,(H,14,16). The number of nitrogens with one attached hydrogen (secondary N) is 2. The molecule has 3 aromatic rings. The van der Waals surface area contributed by atoms with E-state index in [1.54, 1.807) is 11.3 Å². The lowest BCUT2D eigenvalue weighted by atomic mass is 10.2. The van der Waals surface area contributed by atoms with Gasteiger partial charge in [0.1, 0.15) is 0 Å². The molecule has 3 nitrogen and oxygen atoms in total. The molecule has 0 aliphatic heterocycles. The lowest BCUT2D eigenvalue weighted by Gasteiger charge is -2.14. The Labute approximate surface area is 103 Å². The van der Waals surface area contributed by atoms with Crippen LogP contribution in [-0.2, 0) is 0 Å². The zero-order chi connectivity index (χ0) is 11.7.